The lowest BCUT2D eigenvalue weighted by Gasteiger charge is -2.42. The first-order valence-corrected chi connectivity index (χ1v) is 11.7. The minimum absolute atomic E-state index is 0.0445. The molecular weight excluding hydrogens is 413 g/mol. The number of carbonyl (C=O) groups excluding carboxylic acids is 2. The number of aromatic nitrogens is 2. The number of H-pyrrole nitrogens is 1. The zero-order valence-electron chi connectivity index (χ0n) is 18.7. The van der Waals surface area contributed by atoms with E-state index in [0.717, 1.165) is 25.9 Å². The van der Waals surface area contributed by atoms with E-state index in [9.17, 15) is 14.0 Å². The fourth-order valence-corrected chi connectivity index (χ4v) is 4.90. The fourth-order valence-electron chi connectivity index (χ4n) is 4.90. The molecule has 8 heteroatoms. The van der Waals surface area contributed by atoms with Crippen LogP contribution in [-0.4, -0.2) is 59.2 Å². The van der Waals surface area contributed by atoms with Gasteiger partial charge in [-0.25, -0.2) is 9.37 Å². The molecule has 0 radical (unpaired) electrons. The van der Waals surface area contributed by atoms with Crippen LogP contribution in [0.1, 0.15) is 57.7 Å². The van der Waals surface area contributed by atoms with Crippen LogP contribution >= 0.6 is 0 Å². The number of halogens is 1. The van der Waals surface area contributed by atoms with Crippen molar-refractivity contribution in [3.8, 4) is 0 Å². The molecule has 2 aliphatic rings. The van der Waals surface area contributed by atoms with Gasteiger partial charge >= 0.3 is 5.97 Å². The van der Waals surface area contributed by atoms with Crippen LogP contribution in [0.4, 0.5) is 4.39 Å². The Balaban J connectivity index is 1.34. The number of nitrogens with zero attached hydrogens (tertiary/aromatic N) is 2. The Morgan fingerprint density at radius 1 is 1.31 bits per heavy atom. The molecule has 1 amide bonds. The van der Waals surface area contributed by atoms with Crippen molar-refractivity contribution in [3.63, 3.8) is 0 Å². The maximum Gasteiger partial charge on any atom is 0.312 e. The van der Waals surface area contributed by atoms with Crippen molar-refractivity contribution in [1.82, 2.24) is 14.9 Å². The summed E-state index contributed by atoms with van der Waals surface area (Å²) >= 11 is 0. The molecule has 3 heterocycles. The van der Waals surface area contributed by atoms with E-state index >= 15 is 0 Å². The van der Waals surface area contributed by atoms with E-state index in [1.807, 2.05) is 11.8 Å². The van der Waals surface area contributed by atoms with Crippen molar-refractivity contribution < 1.29 is 23.5 Å². The third-order valence-corrected chi connectivity index (χ3v) is 6.74. The first kappa shape index (κ1) is 22.7. The van der Waals surface area contributed by atoms with Gasteiger partial charge < -0.3 is 19.4 Å². The molecule has 2 fully saturated rings. The van der Waals surface area contributed by atoms with Crippen LogP contribution in [0, 0.1) is 11.2 Å². The Kier molecular flexibility index (Phi) is 7.08. The summed E-state index contributed by atoms with van der Waals surface area (Å²) in [5, 5.41) is 0. The van der Waals surface area contributed by atoms with Crippen LogP contribution in [-0.2, 0) is 25.5 Å². The molecule has 0 spiro atoms. The van der Waals surface area contributed by atoms with Gasteiger partial charge in [0, 0.05) is 32.5 Å². The minimum atomic E-state index is -0.572. The number of carbonyl (C=O) groups is 2. The Bertz CT molecular complexity index is 946. The lowest BCUT2D eigenvalue weighted by atomic mass is 9.73. The Labute approximate surface area is 187 Å². The predicted octanol–water partition coefficient (Wildman–Crippen LogP) is 3.77. The van der Waals surface area contributed by atoms with Crippen molar-refractivity contribution in [1.29, 1.82) is 0 Å². The average molecular weight is 446 g/mol. The number of likely N-dealkylation sites (tertiary alicyclic amines) is 1. The second-order valence-electron chi connectivity index (χ2n) is 8.92. The summed E-state index contributed by atoms with van der Waals surface area (Å²) in [7, 11) is 0. The van der Waals surface area contributed by atoms with Crippen molar-refractivity contribution in [3.05, 3.63) is 29.8 Å². The van der Waals surface area contributed by atoms with Crippen LogP contribution in [0.15, 0.2) is 18.2 Å². The average Bonchev–Trinajstić information content (AvgIpc) is 3.21. The summed E-state index contributed by atoms with van der Waals surface area (Å²) in [5.41, 5.74) is 0.753. The molecular formula is C24H32FN3O4. The molecule has 1 aromatic carbocycles. The van der Waals surface area contributed by atoms with Gasteiger partial charge in [-0.05, 0) is 63.6 Å². The number of aryl methyl sites for hydroxylation is 1. The lowest BCUT2D eigenvalue weighted by Crippen LogP contribution is -2.49. The number of ether oxygens (including phenoxy) is 2. The topological polar surface area (TPSA) is 84.5 Å². The van der Waals surface area contributed by atoms with Gasteiger partial charge in [0.05, 0.1) is 29.2 Å². The number of fused-ring (bicyclic) bond motifs is 1. The highest BCUT2D eigenvalue weighted by atomic mass is 19.1. The summed E-state index contributed by atoms with van der Waals surface area (Å²) < 4.78 is 24.7. The number of imidazole rings is 1. The molecule has 4 rings (SSSR count). The normalized spacial score (nSPS) is 20.9. The number of amides is 1. The minimum Gasteiger partial charge on any atom is -0.466 e. The summed E-state index contributed by atoms with van der Waals surface area (Å²) in [5.74, 6) is 0.242. The molecule has 7 nitrogen and oxygen atoms in total. The summed E-state index contributed by atoms with van der Waals surface area (Å²) in [4.78, 5) is 35.0. The molecule has 2 saturated heterocycles. The molecule has 174 valence electrons. The standard InChI is InChI=1S/C24H32FN3O4/c1-2-31-23(30)24(16-18-5-3-4-14-32-18)10-12-28(13-11-24)22(29)9-8-21-26-19-7-6-17(25)15-20(19)27-21/h6-7,15,18H,2-5,8-14,16H2,1H3,(H,26,27). The van der Waals surface area contributed by atoms with Gasteiger partial charge in [-0.1, -0.05) is 0 Å². The van der Waals surface area contributed by atoms with Crippen molar-refractivity contribution in [2.24, 2.45) is 5.41 Å². The zero-order valence-corrected chi connectivity index (χ0v) is 18.7. The Morgan fingerprint density at radius 2 is 2.12 bits per heavy atom. The van der Waals surface area contributed by atoms with E-state index in [2.05, 4.69) is 9.97 Å². The van der Waals surface area contributed by atoms with Crippen LogP contribution < -0.4 is 0 Å². The highest BCUT2D eigenvalue weighted by Gasteiger charge is 2.45. The van der Waals surface area contributed by atoms with Gasteiger partial charge in [-0.15, -0.1) is 0 Å². The predicted molar refractivity (Wildman–Crippen MR) is 117 cm³/mol. The molecule has 1 aromatic heterocycles. The largest absolute Gasteiger partial charge is 0.466 e. The molecule has 2 aromatic rings. The van der Waals surface area contributed by atoms with Crippen LogP contribution in [0.2, 0.25) is 0 Å². The number of rotatable bonds is 7. The van der Waals surface area contributed by atoms with Crippen molar-refractivity contribution in [2.45, 2.75) is 64.4 Å². The zero-order chi connectivity index (χ0) is 22.6. The third kappa shape index (κ3) is 5.11. The number of nitrogens with one attached hydrogen (secondary N) is 1. The second-order valence-corrected chi connectivity index (χ2v) is 8.92. The van der Waals surface area contributed by atoms with Gasteiger partial charge in [0.25, 0.3) is 0 Å². The lowest BCUT2D eigenvalue weighted by molar-refractivity contribution is -0.164. The third-order valence-electron chi connectivity index (χ3n) is 6.74. The number of hydrogen-bond acceptors (Lipinski definition) is 5. The summed E-state index contributed by atoms with van der Waals surface area (Å²) in [6.45, 7) is 4.01. The molecule has 0 saturated carbocycles. The second kappa shape index (κ2) is 9.98. The van der Waals surface area contributed by atoms with E-state index in [1.54, 1.807) is 6.07 Å². The van der Waals surface area contributed by atoms with Crippen LogP contribution in [0.3, 0.4) is 0 Å². The molecule has 0 bridgehead atoms. The van der Waals surface area contributed by atoms with Crippen molar-refractivity contribution in [2.75, 3.05) is 26.3 Å². The van der Waals surface area contributed by atoms with E-state index in [0.29, 0.717) is 68.7 Å². The number of piperidine rings is 1. The van der Waals surface area contributed by atoms with E-state index in [1.165, 1.54) is 12.1 Å². The molecule has 1 N–H and O–H groups in total. The van der Waals surface area contributed by atoms with Crippen LogP contribution in [0.25, 0.3) is 11.0 Å². The summed E-state index contributed by atoms with van der Waals surface area (Å²) in [6, 6.07) is 4.41. The molecule has 1 atom stereocenters. The highest BCUT2D eigenvalue weighted by molar-refractivity contribution is 5.80. The highest BCUT2D eigenvalue weighted by Crippen LogP contribution is 2.40. The van der Waals surface area contributed by atoms with Crippen LogP contribution in [0.5, 0.6) is 0 Å². The van der Waals surface area contributed by atoms with Gasteiger partial charge in [0.2, 0.25) is 5.91 Å². The first-order valence-electron chi connectivity index (χ1n) is 11.7. The van der Waals surface area contributed by atoms with Gasteiger partial charge in [0.1, 0.15) is 11.6 Å². The van der Waals surface area contributed by atoms with E-state index in [-0.39, 0.29) is 23.8 Å². The maximum absolute atomic E-state index is 13.4. The van der Waals surface area contributed by atoms with Gasteiger partial charge in [0.15, 0.2) is 0 Å². The smallest absolute Gasteiger partial charge is 0.312 e. The van der Waals surface area contributed by atoms with Crippen molar-refractivity contribution >= 4 is 22.9 Å². The number of benzene rings is 1. The van der Waals surface area contributed by atoms with E-state index in [4.69, 9.17) is 9.47 Å². The quantitative estimate of drug-likeness (QED) is 0.656. The maximum atomic E-state index is 13.4. The Morgan fingerprint density at radius 3 is 2.84 bits per heavy atom. The first-order chi connectivity index (χ1) is 15.5. The summed E-state index contributed by atoms with van der Waals surface area (Å²) in [6.07, 6.45) is 5.92. The molecule has 0 aliphatic carbocycles. The fraction of sp³-hybridized carbons (Fsp3) is 0.625. The monoisotopic (exact) mass is 445 g/mol. The molecule has 2 aliphatic heterocycles. The number of esters is 1. The Hall–Kier alpha value is -2.48. The SMILES string of the molecule is CCOC(=O)C1(CC2CCCCO2)CCN(C(=O)CCc2nc3ccc(F)cc3[nH]2)CC1. The van der Waals surface area contributed by atoms with Gasteiger partial charge in [-0.3, -0.25) is 9.59 Å². The number of hydrogen-bond donors (Lipinski definition) is 1. The molecule has 32 heavy (non-hydrogen) atoms. The number of aromatic amines is 1. The van der Waals surface area contributed by atoms with Gasteiger partial charge in [-0.2, -0.15) is 0 Å². The molecule has 1 unspecified atom stereocenters. The van der Waals surface area contributed by atoms with E-state index < -0.39 is 5.41 Å².